The number of carbonyl (C=O) groups excluding carboxylic acids is 3. The van der Waals surface area contributed by atoms with Gasteiger partial charge in [-0.05, 0) is 42.9 Å². The number of imide groups is 1. The lowest BCUT2D eigenvalue weighted by Gasteiger charge is -2.38. The Morgan fingerprint density at radius 3 is 2.09 bits per heavy atom. The Kier molecular flexibility index (Phi) is 5.45. The minimum absolute atomic E-state index is 0.0727. The summed E-state index contributed by atoms with van der Waals surface area (Å²) in [6.45, 7) is 1.71. The lowest BCUT2D eigenvalue weighted by Crippen LogP contribution is -2.49. The molecule has 9 heteroatoms. The summed E-state index contributed by atoms with van der Waals surface area (Å²) in [5, 5.41) is 0. The average Bonchev–Trinajstić information content (AvgIpc) is 3.09. The fourth-order valence-corrected chi connectivity index (χ4v) is 5.81. The van der Waals surface area contributed by atoms with Crippen molar-refractivity contribution in [1.82, 2.24) is 9.80 Å². The Hall–Kier alpha value is -2.84. The maximum Gasteiger partial charge on any atom is 0.416 e. The molecule has 2 aliphatic heterocycles. The molecule has 2 saturated heterocycles. The van der Waals surface area contributed by atoms with Crippen LogP contribution < -0.4 is 4.90 Å². The number of anilines is 1. The fraction of sp³-hybridized carbons (Fsp3) is 0.542. The van der Waals surface area contributed by atoms with Gasteiger partial charge in [0.1, 0.15) is 0 Å². The van der Waals surface area contributed by atoms with Crippen LogP contribution in [0.3, 0.4) is 0 Å². The van der Waals surface area contributed by atoms with Crippen molar-refractivity contribution in [2.45, 2.75) is 25.4 Å². The predicted molar refractivity (Wildman–Crippen MR) is 114 cm³/mol. The third-order valence-corrected chi connectivity index (χ3v) is 7.57. The third kappa shape index (κ3) is 3.91. The number of hydrogen-bond donors (Lipinski definition) is 0. The van der Waals surface area contributed by atoms with E-state index in [1.54, 1.807) is 11.0 Å². The molecule has 2 heterocycles. The number of nitrogens with zero attached hydrogens (tertiary/aromatic N) is 3. The summed E-state index contributed by atoms with van der Waals surface area (Å²) in [6.07, 6.45) is 1.68. The van der Waals surface area contributed by atoms with Crippen LogP contribution in [0.5, 0.6) is 0 Å². The maximum absolute atomic E-state index is 13.0. The zero-order valence-electron chi connectivity index (χ0n) is 18.1. The first kappa shape index (κ1) is 22.0. The van der Waals surface area contributed by atoms with Gasteiger partial charge in [0.15, 0.2) is 0 Å². The molecular formula is C24H26F3N3O3. The minimum atomic E-state index is -4.40. The SMILES string of the molecule is O=C(CCN1C(=O)C2C3C=CC(CC3)C2C1=O)N1CCN(c2cccc(C(F)(F)F)c2)CC1. The fourth-order valence-electron chi connectivity index (χ4n) is 5.81. The Bertz CT molecular complexity index is 968. The van der Waals surface area contributed by atoms with Crippen molar-refractivity contribution in [2.24, 2.45) is 23.7 Å². The van der Waals surface area contributed by atoms with E-state index in [2.05, 4.69) is 12.2 Å². The molecule has 1 saturated carbocycles. The molecule has 3 amide bonds. The Balaban J connectivity index is 1.15. The maximum atomic E-state index is 13.0. The van der Waals surface area contributed by atoms with Crippen molar-refractivity contribution in [2.75, 3.05) is 37.6 Å². The quantitative estimate of drug-likeness (QED) is 0.511. The highest BCUT2D eigenvalue weighted by atomic mass is 19.4. The lowest BCUT2D eigenvalue weighted by molar-refractivity contribution is -0.141. The molecule has 0 aromatic heterocycles. The van der Waals surface area contributed by atoms with Gasteiger partial charge in [0, 0.05) is 44.8 Å². The second-order valence-corrected chi connectivity index (χ2v) is 9.34. The normalized spacial score (nSPS) is 29.1. The second kappa shape index (κ2) is 8.18. The molecule has 0 N–H and O–H groups in total. The number of amides is 3. The van der Waals surface area contributed by atoms with E-state index >= 15 is 0 Å². The molecule has 0 spiro atoms. The molecule has 1 aromatic carbocycles. The summed E-state index contributed by atoms with van der Waals surface area (Å²) >= 11 is 0. The molecule has 4 atom stereocenters. The van der Waals surface area contributed by atoms with Crippen LogP contribution in [-0.2, 0) is 20.6 Å². The monoisotopic (exact) mass is 461 g/mol. The molecule has 176 valence electrons. The first-order valence-corrected chi connectivity index (χ1v) is 11.5. The number of benzene rings is 1. The highest BCUT2D eigenvalue weighted by Crippen LogP contribution is 2.49. The van der Waals surface area contributed by atoms with Crippen LogP contribution >= 0.6 is 0 Å². The summed E-state index contributed by atoms with van der Waals surface area (Å²) in [5.41, 5.74) is -0.210. The van der Waals surface area contributed by atoms with Crippen molar-refractivity contribution in [3.63, 3.8) is 0 Å². The van der Waals surface area contributed by atoms with Crippen molar-refractivity contribution < 1.29 is 27.6 Å². The zero-order chi connectivity index (χ0) is 23.3. The number of hydrogen-bond acceptors (Lipinski definition) is 4. The topological polar surface area (TPSA) is 60.9 Å². The summed E-state index contributed by atoms with van der Waals surface area (Å²) < 4.78 is 39.0. The first-order valence-electron chi connectivity index (χ1n) is 11.5. The minimum Gasteiger partial charge on any atom is -0.368 e. The zero-order valence-corrected chi connectivity index (χ0v) is 18.1. The number of halogens is 3. The summed E-state index contributed by atoms with van der Waals surface area (Å²) in [5.74, 6) is -0.727. The molecule has 4 unspecified atom stereocenters. The van der Waals surface area contributed by atoms with Gasteiger partial charge >= 0.3 is 6.18 Å². The van der Waals surface area contributed by atoms with E-state index in [9.17, 15) is 27.6 Å². The van der Waals surface area contributed by atoms with Crippen molar-refractivity contribution in [3.8, 4) is 0 Å². The molecule has 5 aliphatic rings. The summed E-state index contributed by atoms with van der Waals surface area (Å²) in [4.78, 5) is 43.3. The highest BCUT2D eigenvalue weighted by molar-refractivity contribution is 6.06. The number of piperazine rings is 1. The van der Waals surface area contributed by atoms with E-state index < -0.39 is 11.7 Å². The van der Waals surface area contributed by atoms with Gasteiger partial charge in [0.25, 0.3) is 0 Å². The molecule has 3 aliphatic carbocycles. The Morgan fingerprint density at radius 2 is 1.55 bits per heavy atom. The van der Waals surface area contributed by atoms with Crippen LogP contribution in [-0.4, -0.2) is 60.2 Å². The predicted octanol–water partition coefficient (Wildman–Crippen LogP) is 2.94. The van der Waals surface area contributed by atoms with E-state index in [1.165, 1.54) is 11.0 Å². The van der Waals surface area contributed by atoms with Gasteiger partial charge in [-0.15, -0.1) is 0 Å². The second-order valence-electron chi connectivity index (χ2n) is 9.34. The van der Waals surface area contributed by atoms with Crippen molar-refractivity contribution in [3.05, 3.63) is 42.0 Å². The summed E-state index contributed by atoms with van der Waals surface area (Å²) in [6, 6.07) is 5.20. The van der Waals surface area contributed by atoms with Crippen LogP contribution in [0, 0.1) is 23.7 Å². The molecule has 33 heavy (non-hydrogen) atoms. The van der Waals surface area contributed by atoms with Gasteiger partial charge < -0.3 is 9.80 Å². The number of rotatable bonds is 4. The number of alkyl halides is 3. The van der Waals surface area contributed by atoms with E-state index in [-0.39, 0.29) is 54.4 Å². The highest BCUT2D eigenvalue weighted by Gasteiger charge is 2.56. The van der Waals surface area contributed by atoms with Gasteiger partial charge in [-0.3, -0.25) is 19.3 Å². The van der Waals surface area contributed by atoms with Crippen LogP contribution in [0.4, 0.5) is 18.9 Å². The molecule has 3 fully saturated rings. The third-order valence-electron chi connectivity index (χ3n) is 7.57. The Labute approximate surface area is 190 Å². The number of allylic oxidation sites excluding steroid dienone is 2. The average molecular weight is 461 g/mol. The van der Waals surface area contributed by atoms with E-state index in [4.69, 9.17) is 0 Å². The summed E-state index contributed by atoms with van der Waals surface area (Å²) in [7, 11) is 0. The van der Waals surface area contributed by atoms with Gasteiger partial charge in [-0.2, -0.15) is 13.2 Å². The molecular weight excluding hydrogens is 435 g/mol. The van der Waals surface area contributed by atoms with Gasteiger partial charge in [0.2, 0.25) is 17.7 Å². The Morgan fingerprint density at radius 1 is 0.939 bits per heavy atom. The van der Waals surface area contributed by atoms with Gasteiger partial charge in [-0.25, -0.2) is 0 Å². The van der Waals surface area contributed by atoms with Gasteiger partial charge in [0.05, 0.1) is 17.4 Å². The van der Waals surface area contributed by atoms with Crippen molar-refractivity contribution in [1.29, 1.82) is 0 Å². The largest absolute Gasteiger partial charge is 0.416 e. The molecule has 6 nitrogen and oxygen atoms in total. The van der Waals surface area contributed by atoms with Crippen LogP contribution in [0.25, 0.3) is 0 Å². The van der Waals surface area contributed by atoms with Crippen LogP contribution in [0.15, 0.2) is 36.4 Å². The number of carbonyl (C=O) groups is 3. The first-order chi connectivity index (χ1) is 15.7. The smallest absolute Gasteiger partial charge is 0.368 e. The molecule has 0 radical (unpaired) electrons. The lowest BCUT2D eigenvalue weighted by atomic mass is 9.63. The number of fused-ring (bicyclic) bond motifs is 1. The standard InChI is InChI=1S/C24H26F3N3O3/c25-24(26,27)17-2-1-3-18(14-17)28-10-12-29(13-11-28)19(31)8-9-30-22(32)20-15-4-5-16(7-6-15)21(20)23(30)33/h1-5,14-16,20-21H,6-13H2. The van der Waals surface area contributed by atoms with Gasteiger partial charge in [-0.1, -0.05) is 18.2 Å². The van der Waals surface area contributed by atoms with E-state index in [1.807, 2.05) is 4.90 Å². The van der Waals surface area contributed by atoms with Crippen molar-refractivity contribution >= 4 is 23.4 Å². The van der Waals surface area contributed by atoms with Crippen LogP contribution in [0.2, 0.25) is 0 Å². The van der Waals surface area contributed by atoms with E-state index in [0.717, 1.165) is 25.0 Å². The van der Waals surface area contributed by atoms with E-state index in [0.29, 0.717) is 31.9 Å². The molecule has 2 bridgehead atoms. The molecule has 1 aromatic rings. The number of likely N-dealkylation sites (tertiary alicyclic amines) is 1. The van der Waals surface area contributed by atoms with Crippen LogP contribution in [0.1, 0.15) is 24.8 Å². The molecule has 6 rings (SSSR count).